The standard InChI is InChI=1S/C8H14B2O6/c1-9-13-5-4(3-11)12-8-7(6(5)14-9)15-10(2)16-8/h4-8,11H,3H2,1-2H3/t4-,5-,6+,7+,8-/m1/s1. The Morgan fingerprint density at radius 3 is 2.31 bits per heavy atom. The maximum absolute atomic E-state index is 9.25. The molecular formula is C8H14B2O6. The Morgan fingerprint density at radius 2 is 1.56 bits per heavy atom. The molecule has 3 saturated heterocycles. The molecule has 3 aliphatic heterocycles. The zero-order chi connectivity index (χ0) is 11.3. The van der Waals surface area contributed by atoms with E-state index in [4.69, 9.17) is 23.4 Å². The summed E-state index contributed by atoms with van der Waals surface area (Å²) in [6.45, 7) is 3.52. The van der Waals surface area contributed by atoms with Crippen LogP contribution in [0.2, 0.25) is 13.6 Å². The van der Waals surface area contributed by atoms with E-state index in [0.29, 0.717) is 0 Å². The second-order valence-corrected chi connectivity index (χ2v) is 4.30. The van der Waals surface area contributed by atoms with Crippen LogP contribution in [-0.4, -0.2) is 56.7 Å². The highest BCUT2D eigenvalue weighted by molar-refractivity contribution is 6.44. The van der Waals surface area contributed by atoms with E-state index in [1.165, 1.54) is 0 Å². The predicted octanol–water partition coefficient (Wildman–Crippen LogP) is -0.861. The molecule has 3 fully saturated rings. The van der Waals surface area contributed by atoms with Crippen molar-refractivity contribution in [3.05, 3.63) is 0 Å². The van der Waals surface area contributed by atoms with Crippen LogP contribution in [0.5, 0.6) is 0 Å². The number of hydrogen-bond donors (Lipinski definition) is 1. The first kappa shape index (κ1) is 11.0. The van der Waals surface area contributed by atoms with Crippen molar-refractivity contribution in [3.8, 4) is 0 Å². The first-order valence-corrected chi connectivity index (χ1v) is 5.57. The third-order valence-corrected chi connectivity index (χ3v) is 3.14. The summed E-state index contributed by atoms with van der Waals surface area (Å²) in [7, 11) is -0.612. The lowest BCUT2D eigenvalue weighted by Crippen LogP contribution is -2.56. The lowest BCUT2D eigenvalue weighted by molar-refractivity contribution is -0.223. The highest BCUT2D eigenvalue weighted by atomic mass is 16.8. The van der Waals surface area contributed by atoms with Crippen molar-refractivity contribution in [2.24, 2.45) is 0 Å². The molecule has 0 spiro atoms. The topological polar surface area (TPSA) is 66.4 Å². The van der Waals surface area contributed by atoms with Crippen molar-refractivity contribution in [2.45, 2.75) is 44.4 Å². The van der Waals surface area contributed by atoms with Crippen LogP contribution in [0.25, 0.3) is 0 Å². The van der Waals surface area contributed by atoms with Gasteiger partial charge in [0.25, 0.3) is 0 Å². The maximum atomic E-state index is 9.25. The van der Waals surface area contributed by atoms with E-state index in [0.717, 1.165) is 0 Å². The number of rotatable bonds is 1. The van der Waals surface area contributed by atoms with Gasteiger partial charge in [-0.05, 0) is 13.6 Å². The van der Waals surface area contributed by atoms with Gasteiger partial charge in [0.05, 0.1) is 18.8 Å². The number of hydrogen-bond acceptors (Lipinski definition) is 6. The Hall–Kier alpha value is -0.110. The largest absolute Gasteiger partial charge is 0.455 e. The minimum absolute atomic E-state index is 0.113. The summed E-state index contributed by atoms with van der Waals surface area (Å²) in [6.07, 6.45) is -1.66. The molecule has 5 atom stereocenters. The quantitative estimate of drug-likeness (QED) is 0.589. The van der Waals surface area contributed by atoms with E-state index in [-0.39, 0.29) is 39.2 Å². The van der Waals surface area contributed by atoms with Crippen molar-refractivity contribution in [2.75, 3.05) is 6.61 Å². The minimum atomic E-state index is -0.470. The third-order valence-electron chi connectivity index (χ3n) is 3.14. The molecule has 0 aromatic carbocycles. The first-order chi connectivity index (χ1) is 7.69. The monoisotopic (exact) mass is 228 g/mol. The Labute approximate surface area is 94.4 Å². The van der Waals surface area contributed by atoms with Crippen molar-refractivity contribution in [1.29, 1.82) is 0 Å². The van der Waals surface area contributed by atoms with Crippen LogP contribution in [0.1, 0.15) is 0 Å². The molecule has 0 saturated carbocycles. The van der Waals surface area contributed by atoms with Gasteiger partial charge in [-0.15, -0.1) is 0 Å². The zero-order valence-electron chi connectivity index (χ0n) is 9.24. The van der Waals surface area contributed by atoms with Gasteiger partial charge in [-0.3, -0.25) is 0 Å². The second kappa shape index (κ2) is 3.97. The molecule has 8 heteroatoms. The van der Waals surface area contributed by atoms with Gasteiger partial charge in [0.15, 0.2) is 6.29 Å². The van der Waals surface area contributed by atoms with Crippen molar-refractivity contribution in [1.82, 2.24) is 0 Å². The van der Waals surface area contributed by atoms with E-state index in [1.807, 2.05) is 13.6 Å². The van der Waals surface area contributed by atoms with E-state index in [1.54, 1.807) is 0 Å². The molecule has 16 heavy (non-hydrogen) atoms. The van der Waals surface area contributed by atoms with Crippen LogP contribution in [-0.2, 0) is 23.4 Å². The van der Waals surface area contributed by atoms with Gasteiger partial charge >= 0.3 is 14.2 Å². The Kier molecular flexibility index (Phi) is 2.73. The summed E-state index contributed by atoms with van der Waals surface area (Å²) in [5, 5.41) is 9.25. The number of aliphatic hydroxyl groups excluding tert-OH is 1. The molecule has 0 aromatic heterocycles. The highest BCUT2D eigenvalue weighted by Gasteiger charge is 2.56. The predicted molar refractivity (Wildman–Crippen MR) is 54.7 cm³/mol. The van der Waals surface area contributed by atoms with Gasteiger partial charge < -0.3 is 28.5 Å². The average molecular weight is 228 g/mol. The minimum Gasteiger partial charge on any atom is -0.403 e. The van der Waals surface area contributed by atoms with Crippen LogP contribution in [0.15, 0.2) is 0 Å². The smallest absolute Gasteiger partial charge is 0.403 e. The fourth-order valence-corrected chi connectivity index (χ4v) is 2.52. The molecule has 0 aliphatic carbocycles. The summed E-state index contributed by atoms with van der Waals surface area (Å²) in [5.74, 6) is 0. The average Bonchev–Trinajstić information content (AvgIpc) is 2.78. The molecule has 6 nitrogen and oxygen atoms in total. The van der Waals surface area contributed by atoms with Gasteiger partial charge in [-0.2, -0.15) is 0 Å². The molecule has 0 unspecified atom stereocenters. The molecule has 0 radical (unpaired) electrons. The number of ether oxygens (including phenoxy) is 1. The van der Waals surface area contributed by atoms with Gasteiger partial charge in [0.1, 0.15) is 12.2 Å². The van der Waals surface area contributed by atoms with Crippen LogP contribution in [0.3, 0.4) is 0 Å². The molecular weight excluding hydrogens is 214 g/mol. The van der Waals surface area contributed by atoms with Gasteiger partial charge in [-0.1, -0.05) is 0 Å². The molecule has 3 heterocycles. The summed E-state index contributed by atoms with van der Waals surface area (Å²) in [4.78, 5) is 0. The molecule has 1 N–H and O–H groups in total. The lowest BCUT2D eigenvalue weighted by atomic mass is 9.96. The fourth-order valence-electron chi connectivity index (χ4n) is 2.52. The van der Waals surface area contributed by atoms with Crippen molar-refractivity contribution >= 4 is 14.2 Å². The fraction of sp³-hybridized carbons (Fsp3) is 1.00. The molecule has 3 rings (SSSR count). The summed E-state index contributed by atoms with van der Waals surface area (Å²) >= 11 is 0. The van der Waals surface area contributed by atoms with Crippen molar-refractivity contribution in [3.63, 3.8) is 0 Å². The Balaban J connectivity index is 1.82. The highest BCUT2D eigenvalue weighted by Crippen LogP contribution is 2.36. The third kappa shape index (κ3) is 1.61. The number of aliphatic hydroxyl groups is 1. The zero-order valence-corrected chi connectivity index (χ0v) is 9.24. The number of fused-ring (bicyclic) bond motifs is 3. The summed E-state index contributed by atoms with van der Waals surface area (Å²) in [6, 6.07) is 0. The van der Waals surface area contributed by atoms with Crippen molar-refractivity contribution < 1.29 is 28.5 Å². The normalized spacial score (nSPS) is 47.1. The van der Waals surface area contributed by atoms with E-state index in [2.05, 4.69) is 0 Å². The van der Waals surface area contributed by atoms with Crippen LogP contribution in [0, 0.1) is 0 Å². The van der Waals surface area contributed by atoms with Crippen LogP contribution >= 0.6 is 0 Å². The van der Waals surface area contributed by atoms with E-state index >= 15 is 0 Å². The molecule has 0 aromatic rings. The van der Waals surface area contributed by atoms with E-state index < -0.39 is 12.4 Å². The maximum Gasteiger partial charge on any atom is 0.455 e. The summed E-state index contributed by atoms with van der Waals surface area (Å²) < 4.78 is 27.8. The van der Waals surface area contributed by atoms with Gasteiger partial charge in [0, 0.05) is 0 Å². The molecule has 88 valence electrons. The molecule has 0 bridgehead atoms. The SMILES string of the molecule is CB1O[C@H]2O[C@H](CO)[C@H]3OB(C)O[C@@H]3[C@@H]2O1. The van der Waals surface area contributed by atoms with Gasteiger partial charge in [-0.25, -0.2) is 0 Å². The van der Waals surface area contributed by atoms with Crippen LogP contribution < -0.4 is 0 Å². The lowest BCUT2D eigenvalue weighted by Gasteiger charge is -2.38. The first-order valence-electron chi connectivity index (χ1n) is 5.57. The van der Waals surface area contributed by atoms with E-state index in [9.17, 15) is 5.11 Å². The summed E-state index contributed by atoms with van der Waals surface area (Å²) in [5.41, 5.74) is 0. The Bertz CT molecular complexity index is 269. The molecule has 0 amide bonds. The Morgan fingerprint density at radius 1 is 0.938 bits per heavy atom. The van der Waals surface area contributed by atoms with Crippen LogP contribution in [0.4, 0.5) is 0 Å². The van der Waals surface area contributed by atoms with Gasteiger partial charge in [0.2, 0.25) is 0 Å². The molecule has 3 aliphatic rings. The second-order valence-electron chi connectivity index (χ2n) is 4.30.